The Balaban J connectivity index is 1.96. The zero-order valence-electron chi connectivity index (χ0n) is 9.73. The first-order valence-electron chi connectivity index (χ1n) is 5.65. The average Bonchev–Trinajstić information content (AvgIpc) is 2.38. The Labute approximate surface area is 120 Å². The van der Waals surface area contributed by atoms with Crippen LogP contribution in [0.1, 0.15) is 0 Å². The van der Waals surface area contributed by atoms with Crippen molar-refractivity contribution in [1.82, 2.24) is 10.0 Å². The molecule has 7 heteroatoms. The van der Waals surface area contributed by atoms with Crippen LogP contribution >= 0.6 is 22.6 Å². The third-order valence-corrected chi connectivity index (χ3v) is 4.79. The minimum atomic E-state index is -3.44. The molecule has 100 valence electrons. The van der Waals surface area contributed by atoms with E-state index in [4.69, 9.17) is 4.74 Å². The summed E-state index contributed by atoms with van der Waals surface area (Å²) in [5, 5.41) is 3.16. The van der Waals surface area contributed by atoms with Crippen LogP contribution in [0.25, 0.3) is 0 Å². The van der Waals surface area contributed by atoms with Gasteiger partial charge < -0.3 is 10.1 Å². The van der Waals surface area contributed by atoms with Gasteiger partial charge in [-0.05, 0) is 46.9 Å². The van der Waals surface area contributed by atoms with Gasteiger partial charge in [-0.15, -0.1) is 0 Å². The molecule has 1 fully saturated rings. The lowest BCUT2D eigenvalue weighted by Crippen LogP contribution is -2.45. The molecule has 1 aliphatic heterocycles. The highest BCUT2D eigenvalue weighted by atomic mass is 127. The van der Waals surface area contributed by atoms with E-state index in [0.29, 0.717) is 19.7 Å². The molecule has 2 rings (SSSR count). The normalized spacial score (nSPS) is 20.8. The van der Waals surface area contributed by atoms with Gasteiger partial charge in [-0.2, -0.15) is 0 Å². The van der Waals surface area contributed by atoms with Gasteiger partial charge in [0, 0.05) is 23.2 Å². The number of rotatable bonds is 4. The highest BCUT2D eigenvalue weighted by Crippen LogP contribution is 2.12. The fourth-order valence-corrected chi connectivity index (χ4v) is 3.08. The summed E-state index contributed by atoms with van der Waals surface area (Å²) in [5.74, 6) is 0. The second kappa shape index (κ2) is 6.29. The fourth-order valence-electron chi connectivity index (χ4n) is 1.65. The van der Waals surface area contributed by atoms with E-state index in [9.17, 15) is 8.42 Å². The van der Waals surface area contributed by atoms with E-state index in [0.717, 1.165) is 10.1 Å². The summed E-state index contributed by atoms with van der Waals surface area (Å²) in [4.78, 5) is 0.284. The SMILES string of the molecule is O=S(=O)(NCC1CNCCO1)c1ccc(I)cc1. The minimum Gasteiger partial charge on any atom is -0.374 e. The summed E-state index contributed by atoms with van der Waals surface area (Å²) in [7, 11) is -3.44. The lowest BCUT2D eigenvalue weighted by molar-refractivity contribution is 0.0324. The number of ether oxygens (including phenoxy) is 1. The molecule has 1 aliphatic rings. The zero-order chi connectivity index (χ0) is 13.0. The van der Waals surface area contributed by atoms with Gasteiger partial charge in [0.1, 0.15) is 0 Å². The summed E-state index contributed by atoms with van der Waals surface area (Å²) in [5.41, 5.74) is 0. The molecular formula is C11H15IN2O3S. The molecule has 0 bridgehead atoms. The Kier molecular flexibility index (Phi) is 4.96. The Hall–Kier alpha value is -0.220. The van der Waals surface area contributed by atoms with Crippen molar-refractivity contribution in [2.75, 3.05) is 26.2 Å². The van der Waals surface area contributed by atoms with E-state index < -0.39 is 10.0 Å². The quantitative estimate of drug-likeness (QED) is 0.747. The van der Waals surface area contributed by atoms with E-state index in [1.54, 1.807) is 24.3 Å². The monoisotopic (exact) mass is 382 g/mol. The first-order valence-corrected chi connectivity index (χ1v) is 8.22. The summed E-state index contributed by atoms with van der Waals surface area (Å²) < 4.78 is 33.0. The second-order valence-electron chi connectivity index (χ2n) is 4.00. The Bertz CT molecular complexity index is 484. The number of halogens is 1. The van der Waals surface area contributed by atoms with E-state index in [1.807, 2.05) is 0 Å². The largest absolute Gasteiger partial charge is 0.374 e. The standard InChI is InChI=1S/C11H15IN2O3S/c12-9-1-3-11(4-2-9)18(15,16)14-8-10-7-13-5-6-17-10/h1-4,10,13-14H,5-8H2. The van der Waals surface area contributed by atoms with E-state index in [-0.39, 0.29) is 11.0 Å². The van der Waals surface area contributed by atoms with Gasteiger partial charge in [-0.3, -0.25) is 0 Å². The molecule has 0 radical (unpaired) electrons. The van der Waals surface area contributed by atoms with Crippen molar-refractivity contribution in [1.29, 1.82) is 0 Å². The maximum Gasteiger partial charge on any atom is 0.240 e. The Morgan fingerprint density at radius 1 is 1.39 bits per heavy atom. The smallest absolute Gasteiger partial charge is 0.240 e. The van der Waals surface area contributed by atoms with Crippen LogP contribution in [0.15, 0.2) is 29.2 Å². The first-order chi connectivity index (χ1) is 8.58. The van der Waals surface area contributed by atoms with Crippen molar-refractivity contribution in [3.05, 3.63) is 27.8 Å². The Morgan fingerprint density at radius 2 is 2.11 bits per heavy atom. The molecule has 1 aromatic carbocycles. The van der Waals surface area contributed by atoms with E-state index in [1.165, 1.54) is 0 Å². The molecule has 18 heavy (non-hydrogen) atoms. The van der Waals surface area contributed by atoms with Crippen molar-refractivity contribution in [3.8, 4) is 0 Å². The molecule has 1 unspecified atom stereocenters. The third kappa shape index (κ3) is 3.89. The van der Waals surface area contributed by atoms with Crippen LogP contribution in [0, 0.1) is 3.57 Å². The average molecular weight is 382 g/mol. The van der Waals surface area contributed by atoms with Crippen LogP contribution in [-0.2, 0) is 14.8 Å². The lowest BCUT2D eigenvalue weighted by atomic mass is 10.3. The van der Waals surface area contributed by atoms with Crippen molar-refractivity contribution < 1.29 is 13.2 Å². The number of benzene rings is 1. The van der Waals surface area contributed by atoms with Crippen molar-refractivity contribution in [2.24, 2.45) is 0 Å². The van der Waals surface area contributed by atoms with Crippen LogP contribution in [-0.4, -0.2) is 40.8 Å². The lowest BCUT2D eigenvalue weighted by Gasteiger charge is -2.23. The number of hydrogen-bond acceptors (Lipinski definition) is 4. The molecule has 1 heterocycles. The summed E-state index contributed by atoms with van der Waals surface area (Å²) in [6.07, 6.45) is -0.0997. The molecule has 0 aliphatic carbocycles. The predicted molar refractivity (Wildman–Crippen MR) is 77.0 cm³/mol. The van der Waals surface area contributed by atoms with Crippen LogP contribution in [0.2, 0.25) is 0 Å². The maximum absolute atomic E-state index is 12.0. The van der Waals surface area contributed by atoms with Gasteiger partial charge in [0.15, 0.2) is 0 Å². The number of hydrogen-bond donors (Lipinski definition) is 2. The molecular weight excluding hydrogens is 367 g/mol. The zero-order valence-corrected chi connectivity index (χ0v) is 12.7. The number of sulfonamides is 1. The predicted octanol–water partition coefficient (Wildman–Crippen LogP) is 0.558. The van der Waals surface area contributed by atoms with Gasteiger partial charge in [-0.25, -0.2) is 13.1 Å². The summed E-state index contributed by atoms with van der Waals surface area (Å²) >= 11 is 2.14. The molecule has 1 atom stereocenters. The van der Waals surface area contributed by atoms with Gasteiger partial charge >= 0.3 is 0 Å². The topological polar surface area (TPSA) is 67.4 Å². The van der Waals surface area contributed by atoms with Crippen LogP contribution < -0.4 is 10.0 Å². The van der Waals surface area contributed by atoms with Gasteiger partial charge in [0.05, 0.1) is 17.6 Å². The van der Waals surface area contributed by atoms with Crippen LogP contribution in [0.3, 0.4) is 0 Å². The van der Waals surface area contributed by atoms with E-state index >= 15 is 0 Å². The first kappa shape index (κ1) is 14.2. The number of morpholine rings is 1. The fraction of sp³-hybridized carbons (Fsp3) is 0.455. The molecule has 5 nitrogen and oxygen atoms in total. The number of nitrogens with one attached hydrogen (secondary N) is 2. The van der Waals surface area contributed by atoms with Crippen molar-refractivity contribution in [2.45, 2.75) is 11.0 Å². The summed E-state index contributed by atoms with van der Waals surface area (Å²) in [6, 6.07) is 6.75. The van der Waals surface area contributed by atoms with Gasteiger partial charge in [0.2, 0.25) is 10.0 Å². The molecule has 1 aromatic rings. The highest BCUT2D eigenvalue weighted by Gasteiger charge is 2.18. The molecule has 0 spiro atoms. The summed E-state index contributed by atoms with van der Waals surface area (Å²) in [6.45, 7) is 2.41. The molecule has 1 saturated heterocycles. The van der Waals surface area contributed by atoms with Crippen LogP contribution in [0.4, 0.5) is 0 Å². The van der Waals surface area contributed by atoms with Crippen LogP contribution in [0.5, 0.6) is 0 Å². The molecule has 2 N–H and O–H groups in total. The van der Waals surface area contributed by atoms with E-state index in [2.05, 4.69) is 32.6 Å². The second-order valence-corrected chi connectivity index (χ2v) is 7.02. The van der Waals surface area contributed by atoms with Crippen molar-refractivity contribution >= 4 is 32.6 Å². The molecule has 0 aromatic heterocycles. The van der Waals surface area contributed by atoms with Gasteiger partial charge in [0.25, 0.3) is 0 Å². The third-order valence-electron chi connectivity index (χ3n) is 2.63. The molecule has 0 amide bonds. The molecule has 0 saturated carbocycles. The minimum absolute atomic E-state index is 0.0997. The highest BCUT2D eigenvalue weighted by molar-refractivity contribution is 14.1. The van der Waals surface area contributed by atoms with Crippen molar-refractivity contribution in [3.63, 3.8) is 0 Å². The van der Waals surface area contributed by atoms with Gasteiger partial charge in [-0.1, -0.05) is 0 Å². The maximum atomic E-state index is 12.0. The Morgan fingerprint density at radius 3 is 2.72 bits per heavy atom.